The first-order chi connectivity index (χ1) is 10.9. The lowest BCUT2D eigenvalue weighted by Gasteiger charge is -2.43. The number of quaternary nitrogens is 1. The third-order valence-electron chi connectivity index (χ3n) is 5.61. The minimum atomic E-state index is 0.290. The summed E-state index contributed by atoms with van der Waals surface area (Å²) < 4.78 is 5.65. The van der Waals surface area contributed by atoms with E-state index in [1.807, 2.05) is 0 Å². The standard InChI is InChI=1S/C19H36N2O2/c1-18(2,3)6-4-15-23-16-5-17(22)21-13-9-19(10-14-21)7-11-20-12-8-19/h20H,4-16H2,1-3H3/p+1. The average molecular weight is 326 g/mol. The van der Waals surface area contributed by atoms with Crippen LogP contribution in [0.5, 0.6) is 0 Å². The molecule has 0 unspecified atom stereocenters. The Morgan fingerprint density at radius 1 is 1.09 bits per heavy atom. The van der Waals surface area contributed by atoms with E-state index in [0.29, 0.717) is 23.9 Å². The van der Waals surface area contributed by atoms with Gasteiger partial charge in [0.05, 0.1) is 26.1 Å². The van der Waals surface area contributed by atoms with Gasteiger partial charge in [0.1, 0.15) is 0 Å². The van der Waals surface area contributed by atoms with Crippen molar-refractivity contribution in [3.8, 4) is 0 Å². The maximum Gasteiger partial charge on any atom is 0.224 e. The van der Waals surface area contributed by atoms with Gasteiger partial charge in [0.15, 0.2) is 0 Å². The summed E-state index contributed by atoms with van der Waals surface area (Å²) in [6.07, 6.45) is 7.90. The summed E-state index contributed by atoms with van der Waals surface area (Å²) in [6.45, 7) is 12.6. The molecule has 4 heteroatoms. The quantitative estimate of drug-likeness (QED) is 0.761. The molecule has 2 fully saturated rings. The first-order valence-corrected chi connectivity index (χ1v) is 9.58. The number of amides is 1. The molecule has 2 aliphatic rings. The van der Waals surface area contributed by atoms with Crippen molar-refractivity contribution >= 4 is 5.91 Å². The van der Waals surface area contributed by atoms with Crippen molar-refractivity contribution < 1.29 is 14.8 Å². The molecule has 0 aromatic rings. The van der Waals surface area contributed by atoms with Crippen LogP contribution in [0.25, 0.3) is 0 Å². The largest absolute Gasteiger partial charge is 0.381 e. The number of piperidine rings is 2. The summed E-state index contributed by atoms with van der Waals surface area (Å²) in [5, 5.41) is 2.43. The predicted octanol–water partition coefficient (Wildman–Crippen LogP) is 2.19. The number of hydrogen-bond acceptors (Lipinski definition) is 2. The molecule has 2 rings (SSSR count). The van der Waals surface area contributed by atoms with E-state index in [4.69, 9.17) is 4.74 Å². The van der Waals surface area contributed by atoms with E-state index >= 15 is 0 Å². The predicted molar refractivity (Wildman–Crippen MR) is 93.3 cm³/mol. The highest BCUT2D eigenvalue weighted by molar-refractivity contribution is 5.76. The summed E-state index contributed by atoms with van der Waals surface area (Å²) in [5.74, 6) is 0.290. The second kappa shape index (κ2) is 8.48. The molecule has 2 aliphatic heterocycles. The number of ether oxygens (including phenoxy) is 1. The lowest BCUT2D eigenvalue weighted by molar-refractivity contribution is -0.668. The van der Waals surface area contributed by atoms with Crippen LogP contribution in [0.2, 0.25) is 0 Å². The zero-order valence-corrected chi connectivity index (χ0v) is 15.5. The topological polar surface area (TPSA) is 46.1 Å². The van der Waals surface area contributed by atoms with E-state index in [-0.39, 0.29) is 5.91 Å². The van der Waals surface area contributed by atoms with E-state index < -0.39 is 0 Å². The molecule has 4 nitrogen and oxygen atoms in total. The molecule has 0 radical (unpaired) electrons. The highest BCUT2D eigenvalue weighted by atomic mass is 16.5. The molecule has 23 heavy (non-hydrogen) atoms. The Morgan fingerprint density at radius 3 is 2.35 bits per heavy atom. The fourth-order valence-corrected chi connectivity index (χ4v) is 3.94. The van der Waals surface area contributed by atoms with Crippen LogP contribution in [0.15, 0.2) is 0 Å². The van der Waals surface area contributed by atoms with Gasteiger partial charge in [-0.25, -0.2) is 0 Å². The van der Waals surface area contributed by atoms with Crippen molar-refractivity contribution in [3.63, 3.8) is 0 Å². The van der Waals surface area contributed by atoms with Gasteiger partial charge < -0.3 is 15.0 Å². The van der Waals surface area contributed by atoms with Crippen molar-refractivity contribution in [2.75, 3.05) is 39.4 Å². The van der Waals surface area contributed by atoms with Gasteiger partial charge in [0, 0.05) is 32.5 Å². The van der Waals surface area contributed by atoms with Gasteiger partial charge in [-0.05, 0) is 36.5 Å². The number of hydrogen-bond donors (Lipinski definition) is 1. The highest BCUT2D eigenvalue weighted by Crippen LogP contribution is 2.38. The smallest absolute Gasteiger partial charge is 0.224 e. The minimum absolute atomic E-state index is 0.290. The monoisotopic (exact) mass is 325 g/mol. The van der Waals surface area contributed by atoms with Gasteiger partial charge in [-0.1, -0.05) is 20.8 Å². The van der Waals surface area contributed by atoms with Gasteiger partial charge in [-0.3, -0.25) is 4.79 Å². The lowest BCUT2D eigenvalue weighted by Crippen LogP contribution is -2.87. The molecule has 0 aliphatic carbocycles. The first-order valence-electron chi connectivity index (χ1n) is 9.58. The van der Waals surface area contributed by atoms with Crippen LogP contribution >= 0.6 is 0 Å². The molecular weight excluding hydrogens is 288 g/mol. The van der Waals surface area contributed by atoms with Crippen LogP contribution in [-0.2, 0) is 9.53 Å². The second-order valence-corrected chi connectivity index (χ2v) is 8.77. The number of carbonyl (C=O) groups is 1. The summed E-state index contributed by atoms with van der Waals surface area (Å²) in [7, 11) is 0. The molecular formula is C19H37N2O2+. The molecule has 1 spiro atoms. The van der Waals surface area contributed by atoms with Crippen molar-refractivity contribution in [1.29, 1.82) is 0 Å². The van der Waals surface area contributed by atoms with E-state index in [9.17, 15) is 4.79 Å². The van der Waals surface area contributed by atoms with E-state index in [2.05, 4.69) is 31.0 Å². The highest BCUT2D eigenvalue weighted by Gasteiger charge is 2.37. The zero-order valence-electron chi connectivity index (χ0n) is 15.5. The SMILES string of the molecule is CC(C)(C)CCCOCCC(=O)N1CCC2(CC[NH2+]CC2)CC1. The Balaban J connectivity index is 1.56. The van der Waals surface area contributed by atoms with Crippen molar-refractivity contribution in [2.24, 2.45) is 10.8 Å². The van der Waals surface area contributed by atoms with Gasteiger partial charge in [-0.15, -0.1) is 0 Å². The summed E-state index contributed by atoms with van der Waals surface area (Å²) in [5.41, 5.74) is 0.925. The molecule has 2 heterocycles. The van der Waals surface area contributed by atoms with E-state index in [1.54, 1.807) is 0 Å². The molecule has 0 saturated carbocycles. The molecule has 0 atom stereocenters. The van der Waals surface area contributed by atoms with Crippen LogP contribution in [0.4, 0.5) is 0 Å². The van der Waals surface area contributed by atoms with Gasteiger partial charge >= 0.3 is 0 Å². The Kier molecular flexibility index (Phi) is 6.90. The molecule has 2 saturated heterocycles. The maximum absolute atomic E-state index is 12.3. The average Bonchev–Trinajstić information content (AvgIpc) is 2.51. The van der Waals surface area contributed by atoms with Crippen molar-refractivity contribution in [2.45, 2.75) is 65.7 Å². The normalized spacial score (nSPS) is 21.6. The number of nitrogens with two attached hydrogens (primary N) is 1. The molecule has 0 aromatic carbocycles. The third kappa shape index (κ3) is 6.42. The minimum Gasteiger partial charge on any atom is -0.381 e. The van der Waals surface area contributed by atoms with Crippen molar-refractivity contribution in [1.82, 2.24) is 4.90 Å². The number of carbonyl (C=O) groups excluding carboxylic acids is 1. The molecule has 1 amide bonds. The van der Waals surface area contributed by atoms with E-state index in [0.717, 1.165) is 26.1 Å². The molecule has 0 aromatic heterocycles. The fraction of sp³-hybridized carbons (Fsp3) is 0.947. The summed E-state index contributed by atoms with van der Waals surface area (Å²) >= 11 is 0. The molecule has 2 N–H and O–H groups in total. The van der Waals surface area contributed by atoms with Gasteiger partial charge in [-0.2, -0.15) is 0 Å². The third-order valence-corrected chi connectivity index (χ3v) is 5.61. The van der Waals surface area contributed by atoms with E-state index in [1.165, 1.54) is 45.2 Å². The van der Waals surface area contributed by atoms with Crippen LogP contribution < -0.4 is 5.32 Å². The van der Waals surface area contributed by atoms with Crippen LogP contribution in [0.1, 0.15) is 65.7 Å². The van der Waals surface area contributed by atoms with Crippen LogP contribution in [0, 0.1) is 10.8 Å². The zero-order chi connectivity index (χ0) is 16.8. The van der Waals surface area contributed by atoms with Gasteiger partial charge in [0.2, 0.25) is 5.91 Å². The molecule has 0 bridgehead atoms. The Bertz CT molecular complexity index is 360. The Labute approximate surface area is 142 Å². The lowest BCUT2D eigenvalue weighted by atomic mass is 9.71. The number of rotatable bonds is 6. The Hall–Kier alpha value is -0.610. The first kappa shape index (κ1) is 18.7. The maximum atomic E-state index is 12.3. The Morgan fingerprint density at radius 2 is 1.74 bits per heavy atom. The van der Waals surface area contributed by atoms with Crippen LogP contribution in [0.3, 0.4) is 0 Å². The van der Waals surface area contributed by atoms with Crippen molar-refractivity contribution in [3.05, 3.63) is 0 Å². The summed E-state index contributed by atoms with van der Waals surface area (Å²) in [4.78, 5) is 14.4. The summed E-state index contributed by atoms with van der Waals surface area (Å²) in [6, 6.07) is 0. The number of likely N-dealkylation sites (tertiary alicyclic amines) is 1. The van der Waals surface area contributed by atoms with Gasteiger partial charge in [0.25, 0.3) is 0 Å². The number of nitrogens with zero attached hydrogens (tertiary/aromatic N) is 1. The van der Waals surface area contributed by atoms with Crippen LogP contribution in [-0.4, -0.2) is 50.2 Å². The fourth-order valence-electron chi connectivity index (χ4n) is 3.94. The molecule has 134 valence electrons. The second-order valence-electron chi connectivity index (χ2n) is 8.77.